The molecule has 39 heavy (non-hydrogen) atoms. The van der Waals surface area contributed by atoms with Gasteiger partial charge in [0.1, 0.15) is 11.6 Å². The van der Waals surface area contributed by atoms with E-state index < -0.39 is 0 Å². The fourth-order valence-electron chi connectivity index (χ4n) is 4.64. The van der Waals surface area contributed by atoms with Gasteiger partial charge in [-0.3, -0.25) is 19.6 Å². The molecule has 0 unspecified atom stereocenters. The van der Waals surface area contributed by atoms with Crippen molar-refractivity contribution in [2.45, 2.75) is 38.5 Å². The van der Waals surface area contributed by atoms with Crippen molar-refractivity contribution in [3.63, 3.8) is 0 Å². The predicted molar refractivity (Wildman–Crippen MR) is 145 cm³/mol. The molecular weight excluding hydrogens is 498 g/mol. The molecule has 2 aliphatic carbocycles. The lowest BCUT2D eigenvalue weighted by Crippen LogP contribution is -2.40. The maximum atomic E-state index is 13.3. The Morgan fingerprint density at radius 1 is 1.03 bits per heavy atom. The second-order valence-corrected chi connectivity index (χ2v) is 10.6. The second kappa shape index (κ2) is 11.4. The summed E-state index contributed by atoms with van der Waals surface area (Å²) in [5.74, 6) is 2.72. The fraction of sp³-hybridized carbons (Fsp3) is 0.464. The number of nitrogens with zero attached hydrogens (tertiary/aromatic N) is 4. The maximum Gasteiger partial charge on any atom is 0.257 e. The summed E-state index contributed by atoms with van der Waals surface area (Å²) < 4.78 is 11.5. The van der Waals surface area contributed by atoms with Gasteiger partial charge in [-0.05, 0) is 62.5 Å². The van der Waals surface area contributed by atoms with E-state index in [-0.39, 0.29) is 23.6 Å². The molecule has 3 heterocycles. The number of carbonyl (C=O) groups is 2. The van der Waals surface area contributed by atoms with Gasteiger partial charge in [-0.15, -0.1) is 0 Å². The third kappa shape index (κ3) is 6.72. The molecule has 2 saturated carbocycles. The summed E-state index contributed by atoms with van der Waals surface area (Å²) in [6, 6.07) is 6.99. The lowest BCUT2D eigenvalue weighted by molar-refractivity contribution is -0.125. The van der Waals surface area contributed by atoms with Crippen LogP contribution < -0.4 is 20.3 Å². The minimum atomic E-state index is -0.289. The van der Waals surface area contributed by atoms with Gasteiger partial charge in [0.2, 0.25) is 11.8 Å². The topological polar surface area (TPSA) is 134 Å². The van der Waals surface area contributed by atoms with E-state index in [9.17, 15) is 9.59 Å². The van der Waals surface area contributed by atoms with Crippen molar-refractivity contribution < 1.29 is 19.1 Å². The van der Waals surface area contributed by atoms with Crippen LogP contribution in [0.1, 0.15) is 48.9 Å². The molecule has 1 saturated heterocycles. The van der Waals surface area contributed by atoms with Gasteiger partial charge >= 0.3 is 0 Å². The van der Waals surface area contributed by atoms with Crippen molar-refractivity contribution in [3.8, 4) is 11.6 Å². The van der Waals surface area contributed by atoms with Gasteiger partial charge in [-0.1, -0.05) is 0 Å². The van der Waals surface area contributed by atoms with Crippen LogP contribution in [0.5, 0.6) is 11.6 Å². The minimum Gasteiger partial charge on any atom is -0.437 e. The Labute approximate surface area is 226 Å². The molecule has 0 atom stereocenters. The third-order valence-electron chi connectivity index (χ3n) is 7.30. The minimum absolute atomic E-state index is 0.0487. The van der Waals surface area contributed by atoms with Gasteiger partial charge in [0, 0.05) is 55.6 Å². The number of hydrogen-bond acceptors (Lipinski definition) is 8. The molecule has 204 valence electrons. The van der Waals surface area contributed by atoms with Gasteiger partial charge in [0.15, 0.2) is 5.82 Å². The molecule has 3 fully saturated rings. The van der Waals surface area contributed by atoms with Crippen LogP contribution in [0.2, 0.25) is 0 Å². The highest BCUT2D eigenvalue weighted by molar-refractivity contribution is 6.04. The zero-order valence-electron chi connectivity index (χ0n) is 21.8. The number of hydrogen-bond donors (Lipinski definition) is 3. The van der Waals surface area contributed by atoms with Gasteiger partial charge in [-0.2, -0.15) is 5.10 Å². The van der Waals surface area contributed by atoms with E-state index in [2.05, 4.69) is 30.8 Å². The van der Waals surface area contributed by atoms with Crippen LogP contribution in [0.15, 0.2) is 42.9 Å². The summed E-state index contributed by atoms with van der Waals surface area (Å²) in [7, 11) is 0. The molecule has 11 heteroatoms. The quantitative estimate of drug-likeness (QED) is 0.335. The van der Waals surface area contributed by atoms with Crippen LogP contribution in [-0.4, -0.2) is 58.3 Å². The molecule has 6 rings (SSSR count). The Morgan fingerprint density at radius 2 is 1.85 bits per heavy atom. The lowest BCUT2D eigenvalue weighted by atomic mass is 9.98. The first-order valence-electron chi connectivity index (χ1n) is 13.7. The Bertz CT molecular complexity index is 1280. The predicted octanol–water partition coefficient (Wildman–Crippen LogP) is 4.24. The first-order valence-corrected chi connectivity index (χ1v) is 13.7. The number of nitrogens with one attached hydrogen (secondary N) is 3. The highest BCUT2D eigenvalue weighted by atomic mass is 16.5. The summed E-state index contributed by atoms with van der Waals surface area (Å²) >= 11 is 0. The molecule has 0 bridgehead atoms. The number of ether oxygens (including phenoxy) is 2. The van der Waals surface area contributed by atoms with Crippen molar-refractivity contribution >= 4 is 29.1 Å². The molecule has 1 aliphatic heterocycles. The van der Waals surface area contributed by atoms with Gasteiger partial charge in [0.25, 0.3) is 5.91 Å². The normalized spacial score (nSPS) is 17.4. The first-order chi connectivity index (χ1) is 19.1. The molecule has 2 aromatic heterocycles. The molecule has 11 nitrogen and oxygen atoms in total. The summed E-state index contributed by atoms with van der Waals surface area (Å²) in [5, 5.41) is 12.8. The SMILES string of the molecule is O=C(Nc1ccn[nH]1)c1cc(NCC2CC2)cc(Oc2cnc(N(CC3CC3)C(=O)C3CCOCC3)cn2)c1. The van der Waals surface area contributed by atoms with Gasteiger partial charge in [0.05, 0.1) is 18.6 Å². The third-order valence-corrected chi connectivity index (χ3v) is 7.30. The summed E-state index contributed by atoms with van der Waals surface area (Å²) in [4.78, 5) is 37.0. The Morgan fingerprint density at radius 3 is 2.54 bits per heavy atom. The summed E-state index contributed by atoms with van der Waals surface area (Å²) in [6.45, 7) is 2.73. The molecule has 3 aliphatic rings. The van der Waals surface area contributed by atoms with Crippen LogP contribution in [0, 0.1) is 17.8 Å². The Balaban J connectivity index is 1.18. The number of rotatable bonds is 11. The number of anilines is 3. The second-order valence-electron chi connectivity index (χ2n) is 10.6. The highest BCUT2D eigenvalue weighted by Crippen LogP contribution is 2.33. The number of H-pyrrole nitrogens is 1. The fourth-order valence-corrected chi connectivity index (χ4v) is 4.64. The van der Waals surface area contributed by atoms with Crippen molar-refractivity contribution in [3.05, 3.63) is 48.4 Å². The van der Waals surface area contributed by atoms with E-state index in [4.69, 9.17) is 9.47 Å². The lowest BCUT2D eigenvalue weighted by Gasteiger charge is -2.28. The monoisotopic (exact) mass is 531 g/mol. The van der Waals surface area contributed by atoms with E-state index in [0.717, 1.165) is 37.9 Å². The molecular formula is C28H33N7O4. The van der Waals surface area contributed by atoms with Crippen LogP contribution in [0.25, 0.3) is 0 Å². The average molecular weight is 532 g/mol. The van der Waals surface area contributed by atoms with E-state index >= 15 is 0 Å². The van der Waals surface area contributed by atoms with Gasteiger partial charge < -0.3 is 20.1 Å². The standard InChI is InChI=1S/C28H33N7O4/c36-27(33-24-5-8-32-34-24)21-11-22(29-14-18-1-2-18)13-23(12-21)39-26-16-30-25(15-31-26)35(17-19-3-4-19)28(37)20-6-9-38-10-7-20/h5,8,11-13,15-16,18-20,29H,1-4,6-7,9-10,14,17H2,(H2,32,33,34,36). The maximum absolute atomic E-state index is 13.3. The Hall–Kier alpha value is -3.99. The highest BCUT2D eigenvalue weighted by Gasteiger charge is 2.33. The molecule has 2 amide bonds. The van der Waals surface area contributed by atoms with E-state index in [1.165, 1.54) is 19.0 Å². The number of aromatic amines is 1. The van der Waals surface area contributed by atoms with Crippen LogP contribution in [0.4, 0.5) is 17.3 Å². The largest absolute Gasteiger partial charge is 0.437 e. The van der Waals surface area contributed by atoms with Gasteiger partial charge in [-0.25, -0.2) is 9.97 Å². The van der Waals surface area contributed by atoms with E-state index in [1.54, 1.807) is 35.5 Å². The van der Waals surface area contributed by atoms with Crippen LogP contribution >= 0.6 is 0 Å². The van der Waals surface area contributed by atoms with Crippen molar-refractivity contribution in [2.24, 2.45) is 17.8 Å². The summed E-state index contributed by atoms with van der Waals surface area (Å²) in [6.07, 6.45) is 10.9. The Kier molecular flexibility index (Phi) is 7.40. The smallest absolute Gasteiger partial charge is 0.257 e. The first kappa shape index (κ1) is 25.3. The number of amides is 2. The number of aromatic nitrogens is 4. The zero-order valence-corrected chi connectivity index (χ0v) is 21.8. The molecule has 3 N–H and O–H groups in total. The molecule has 3 aromatic rings. The number of carbonyl (C=O) groups excluding carboxylic acids is 2. The molecule has 0 spiro atoms. The zero-order chi connectivity index (χ0) is 26.6. The van der Waals surface area contributed by atoms with Crippen molar-refractivity contribution in [1.82, 2.24) is 20.2 Å². The van der Waals surface area contributed by atoms with E-state index in [1.807, 2.05) is 6.07 Å². The number of benzene rings is 1. The van der Waals surface area contributed by atoms with Crippen LogP contribution in [0.3, 0.4) is 0 Å². The summed E-state index contributed by atoms with van der Waals surface area (Å²) in [5.41, 5.74) is 1.22. The average Bonchev–Trinajstić information content (AvgIpc) is 3.91. The molecule has 0 radical (unpaired) electrons. The molecule has 1 aromatic carbocycles. The van der Waals surface area contributed by atoms with Crippen molar-refractivity contribution in [1.29, 1.82) is 0 Å². The van der Waals surface area contributed by atoms with Crippen molar-refractivity contribution in [2.75, 3.05) is 41.8 Å². The van der Waals surface area contributed by atoms with Crippen LogP contribution in [-0.2, 0) is 9.53 Å². The van der Waals surface area contributed by atoms with E-state index in [0.29, 0.717) is 54.5 Å².